The summed E-state index contributed by atoms with van der Waals surface area (Å²) in [5.41, 5.74) is 7.05. The van der Waals surface area contributed by atoms with Gasteiger partial charge < -0.3 is 21.3 Å². The summed E-state index contributed by atoms with van der Waals surface area (Å²) in [6.07, 6.45) is 0.773. The lowest BCUT2D eigenvalue weighted by atomic mass is 10.2. The molecule has 0 amide bonds. The molecule has 0 bridgehead atoms. The molecule has 1 heterocycles. The van der Waals surface area contributed by atoms with Crippen LogP contribution in [0.1, 0.15) is 5.56 Å². The van der Waals surface area contributed by atoms with Crippen LogP contribution in [0, 0.1) is 6.92 Å². The van der Waals surface area contributed by atoms with E-state index in [4.69, 9.17) is 15.9 Å². The van der Waals surface area contributed by atoms with Crippen LogP contribution in [0.4, 0.5) is 11.5 Å². The first kappa shape index (κ1) is 10.7. The second kappa shape index (κ2) is 4.78. The van der Waals surface area contributed by atoms with E-state index in [2.05, 4.69) is 10.3 Å². The number of nitrogens with two attached hydrogens (primary N) is 1. The van der Waals surface area contributed by atoms with E-state index >= 15 is 0 Å². The molecule has 0 aromatic carbocycles. The molecule has 5 N–H and O–H groups in total. The van der Waals surface area contributed by atoms with Crippen LogP contribution in [-0.4, -0.2) is 34.5 Å². The smallest absolute Gasteiger partial charge is 0.129 e. The third-order valence-corrected chi connectivity index (χ3v) is 1.82. The second-order valence-electron chi connectivity index (χ2n) is 3.15. The Bertz CT molecular complexity index is 304. The lowest BCUT2D eigenvalue weighted by molar-refractivity contribution is 0.105. The highest BCUT2D eigenvalue weighted by Crippen LogP contribution is 2.13. The fourth-order valence-electron chi connectivity index (χ4n) is 1.06. The predicted octanol–water partition coefficient (Wildman–Crippen LogP) is -0.263. The van der Waals surface area contributed by atoms with Gasteiger partial charge in [0.15, 0.2) is 0 Å². The van der Waals surface area contributed by atoms with Gasteiger partial charge in [0.05, 0.1) is 24.6 Å². The van der Waals surface area contributed by atoms with Crippen molar-refractivity contribution in [2.24, 2.45) is 0 Å². The molecular weight excluding hydrogens is 182 g/mol. The van der Waals surface area contributed by atoms with Gasteiger partial charge in [-0.2, -0.15) is 0 Å². The van der Waals surface area contributed by atoms with E-state index in [0.717, 1.165) is 5.56 Å². The summed E-state index contributed by atoms with van der Waals surface area (Å²) in [4.78, 5) is 4.06. The van der Waals surface area contributed by atoms with E-state index in [9.17, 15) is 0 Å². The quantitative estimate of drug-likeness (QED) is 0.533. The number of nitrogens with one attached hydrogen (secondary N) is 1. The van der Waals surface area contributed by atoms with Crippen LogP contribution in [0.2, 0.25) is 0 Å². The highest BCUT2D eigenvalue weighted by molar-refractivity contribution is 5.50. The van der Waals surface area contributed by atoms with E-state index in [1.54, 1.807) is 12.3 Å². The Hall–Kier alpha value is -1.33. The van der Waals surface area contributed by atoms with Crippen molar-refractivity contribution in [1.29, 1.82) is 0 Å². The Labute approximate surface area is 82.6 Å². The number of aryl methyl sites for hydroxylation is 1. The molecule has 0 aliphatic heterocycles. The number of aliphatic hydroxyl groups excluding tert-OH is 2. The minimum Gasteiger partial charge on any atom is -0.397 e. The van der Waals surface area contributed by atoms with Gasteiger partial charge in [0.2, 0.25) is 0 Å². The third kappa shape index (κ3) is 2.86. The zero-order valence-corrected chi connectivity index (χ0v) is 8.07. The summed E-state index contributed by atoms with van der Waals surface area (Å²) in [6, 6.07) is 1.79. The number of nitrogen functional groups attached to an aromatic ring is 1. The Kier molecular flexibility index (Phi) is 3.67. The number of pyridine rings is 1. The van der Waals surface area contributed by atoms with Gasteiger partial charge in [0.1, 0.15) is 5.82 Å². The predicted molar refractivity (Wildman–Crippen MR) is 55.0 cm³/mol. The molecule has 1 aromatic heterocycles. The molecule has 0 saturated carbocycles. The van der Waals surface area contributed by atoms with E-state index < -0.39 is 6.10 Å². The lowest BCUT2D eigenvalue weighted by Gasteiger charge is -2.11. The molecule has 0 spiro atoms. The zero-order chi connectivity index (χ0) is 10.6. The van der Waals surface area contributed by atoms with E-state index in [0.29, 0.717) is 11.5 Å². The second-order valence-corrected chi connectivity index (χ2v) is 3.15. The van der Waals surface area contributed by atoms with E-state index in [1.165, 1.54) is 0 Å². The number of anilines is 2. The molecular formula is C9H15N3O2. The summed E-state index contributed by atoms with van der Waals surface area (Å²) in [7, 11) is 0. The SMILES string of the molecule is Cc1cc(N)cnc1NCC(O)CO. The number of aliphatic hydroxyl groups is 2. The Morgan fingerprint density at radius 2 is 2.36 bits per heavy atom. The minimum atomic E-state index is -0.770. The van der Waals surface area contributed by atoms with Gasteiger partial charge >= 0.3 is 0 Å². The number of rotatable bonds is 4. The summed E-state index contributed by atoms with van der Waals surface area (Å²) in [5, 5.41) is 20.6. The van der Waals surface area contributed by atoms with Crippen molar-refractivity contribution in [2.75, 3.05) is 24.2 Å². The van der Waals surface area contributed by atoms with Crippen molar-refractivity contribution in [3.8, 4) is 0 Å². The molecule has 5 heteroatoms. The van der Waals surface area contributed by atoms with Crippen molar-refractivity contribution >= 4 is 11.5 Å². The van der Waals surface area contributed by atoms with E-state index in [1.807, 2.05) is 6.92 Å². The molecule has 0 aliphatic rings. The maximum Gasteiger partial charge on any atom is 0.129 e. The number of hydrogen-bond donors (Lipinski definition) is 4. The van der Waals surface area contributed by atoms with Crippen molar-refractivity contribution in [1.82, 2.24) is 4.98 Å². The van der Waals surface area contributed by atoms with Crippen molar-refractivity contribution in [2.45, 2.75) is 13.0 Å². The summed E-state index contributed by atoms with van der Waals surface area (Å²) in [6.45, 7) is 1.88. The molecule has 5 nitrogen and oxygen atoms in total. The maximum absolute atomic E-state index is 9.10. The maximum atomic E-state index is 9.10. The fraction of sp³-hybridized carbons (Fsp3) is 0.444. The molecule has 0 aliphatic carbocycles. The topological polar surface area (TPSA) is 91.4 Å². The largest absolute Gasteiger partial charge is 0.397 e. The highest BCUT2D eigenvalue weighted by atomic mass is 16.3. The molecule has 0 radical (unpaired) electrons. The summed E-state index contributed by atoms with van der Waals surface area (Å²) in [5.74, 6) is 0.673. The fourth-order valence-corrected chi connectivity index (χ4v) is 1.06. The van der Waals surface area contributed by atoms with Crippen LogP contribution >= 0.6 is 0 Å². The van der Waals surface area contributed by atoms with Crippen LogP contribution < -0.4 is 11.1 Å². The first-order valence-corrected chi connectivity index (χ1v) is 4.38. The van der Waals surface area contributed by atoms with Crippen LogP contribution in [0.3, 0.4) is 0 Å². The molecule has 1 atom stereocenters. The minimum absolute atomic E-state index is 0.263. The van der Waals surface area contributed by atoms with Gasteiger partial charge in [0.25, 0.3) is 0 Å². The van der Waals surface area contributed by atoms with Crippen molar-refractivity contribution in [3.05, 3.63) is 17.8 Å². The normalized spacial score (nSPS) is 12.5. The number of hydrogen-bond acceptors (Lipinski definition) is 5. The van der Waals surface area contributed by atoms with Gasteiger partial charge in [-0.3, -0.25) is 0 Å². The van der Waals surface area contributed by atoms with Crippen LogP contribution in [0.25, 0.3) is 0 Å². The molecule has 1 unspecified atom stereocenters. The average molecular weight is 197 g/mol. The van der Waals surface area contributed by atoms with Crippen LogP contribution in [0.15, 0.2) is 12.3 Å². The average Bonchev–Trinajstić information content (AvgIpc) is 2.16. The van der Waals surface area contributed by atoms with E-state index in [-0.39, 0.29) is 13.2 Å². The molecule has 78 valence electrons. The van der Waals surface area contributed by atoms with Gasteiger partial charge in [-0.1, -0.05) is 0 Å². The van der Waals surface area contributed by atoms with Gasteiger partial charge in [-0.05, 0) is 18.6 Å². The van der Waals surface area contributed by atoms with Crippen LogP contribution in [-0.2, 0) is 0 Å². The number of aromatic nitrogens is 1. The Morgan fingerprint density at radius 1 is 1.64 bits per heavy atom. The zero-order valence-electron chi connectivity index (χ0n) is 8.07. The van der Waals surface area contributed by atoms with Gasteiger partial charge in [0, 0.05) is 6.54 Å². The standard InChI is InChI=1S/C9H15N3O2/c1-6-2-7(10)3-11-9(6)12-4-8(14)5-13/h2-3,8,13-14H,4-5,10H2,1H3,(H,11,12). The molecule has 0 fully saturated rings. The molecule has 14 heavy (non-hydrogen) atoms. The molecule has 0 saturated heterocycles. The first-order chi connectivity index (χ1) is 6.63. The molecule has 1 rings (SSSR count). The van der Waals surface area contributed by atoms with Crippen LogP contribution in [0.5, 0.6) is 0 Å². The van der Waals surface area contributed by atoms with Crippen molar-refractivity contribution < 1.29 is 10.2 Å². The highest BCUT2D eigenvalue weighted by Gasteiger charge is 2.04. The third-order valence-electron chi connectivity index (χ3n) is 1.82. The molecule has 1 aromatic rings. The van der Waals surface area contributed by atoms with Gasteiger partial charge in [-0.15, -0.1) is 0 Å². The lowest BCUT2D eigenvalue weighted by Crippen LogP contribution is -2.23. The summed E-state index contributed by atoms with van der Waals surface area (Å²) >= 11 is 0. The Balaban J connectivity index is 2.59. The number of nitrogens with zero attached hydrogens (tertiary/aromatic N) is 1. The monoisotopic (exact) mass is 197 g/mol. The summed E-state index contributed by atoms with van der Waals surface area (Å²) < 4.78 is 0. The first-order valence-electron chi connectivity index (χ1n) is 4.38. The Morgan fingerprint density at radius 3 is 2.93 bits per heavy atom. The van der Waals surface area contributed by atoms with Crippen molar-refractivity contribution in [3.63, 3.8) is 0 Å². The van der Waals surface area contributed by atoms with Gasteiger partial charge in [-0.25, -0.2) is 4.98 Å².